The number of hydrogen-bond acceptors (Lipinski definition) is 0. The first kappa shape index (κ1) is 12.2. The van der Waals surface area contributed by atoms with E-state index < -0.39 is 0 Å². The lowest BCUT2D eigenvalue weighted by atomic mass is 9.65. The molecule has 0 bridgehead atoms. The number of rotatable bonds is 0. The Bertz CT molecular complexity index is 606. The summed E-state index contributed by atoms with van der Waals surface area (Å²) in [6.07, 6.45) is 5.54. The molecule has 2 aromatic carbocycles. The van der Waals surface area contributed by atoms with Gasteiger partial charge >= 0.3 is 0 Å². The second-order valence-electron chi connectivity index (χ2n) is 6.68. The van der Waals surface area contributed by atoms with E-state index in [1.807, 2.05) is 0 Å². The van der Waals surface area contributed by atoms with Gasteiger partial charge in [-0.25, -0.2) is 0 Å². The lowest BCUT2D eigenvalue weighted by Crippen LogP contribution is -2.21. The van der Waals surface area contributed by atoms with E-state index in [9.17, 15) is 0 Å². The molecule has 0 radical (unpaired) electrons. The van der Waals surface area contributed by atoms with Crippen molar-refractivity contribution < 1.29 is 0 Å². The molecule has 1 fully saturated rings. The molecule has 0 aromatic heterocycles. The summed E-state index contributed by atoms with van der Waals surface area (Å²) in [5.74, 6) is 1.51. The first-order chi connectivity index (χ1) is 9.74. The van der Waals surface area contributed by atoms with Crippen LogP contribution < -0.4 is 0 Å². The van der Waals surface area contributed by atoms with Crippen LogP contribution in [0.15, 0.2) is 36.4 Å². The fourth-order valence-corrected chi connectivity index (χ4v) is 4.34. The van der Waals surface area contributed by atoms with E-state index in [-0.39, 0.29) is 0 Å². The van der Waals surface area contributed by atoms with Crippen LogP contribution in [0, 0.1) is 13.8 Å². The molecule has 0 heterocycles. The van der Waals surface area contributed by atoms with Crippen molar-refractivity contribution in [2.24, 2.45) is 0 Å². The molecule has 2 aliphatic carbocycles. The average Bonchev–Trinajstić information content (AvgIpc) is 2.47. The Kier molecular flexibility index (Phi) is 2.73. The van der Waals surface area contributed by atoms with Gasteiger partial charge in [0.2, 0.25) is 0 Å². The third-order valence-electron chi connectivity index (χ3n) is 5.27. The highest BCUT2D eigenvalue weighted by molar-refractivity contribution is 5.76. The maximum atomic E-state index is 2.45. The van der Waals surface area contributed by atoms with Gasteiger partial charge in [-0.05, 0) is 60.8 Å². The van der Waals surface area contributed by atoms with Crippen LogP contribution in [-0.4, -0.2) is 0 Å². The minimum absolute atomic E-state index is 0.757. The highest BCUT2D eigenvalue weighted by Crippen LogP contribution is 2.53. The van der Waals surface area contributed by atoms with Crippen molar-refractivity contribution in [3.05, 3.63) is 58.7 Å². The van der Waals surface area contributed by atoms with Gasteiger partial charge in [-0.3, -0.25) is 0 Å². The van der Waals surface area contributed by atoms with Crippen LogP contribution in [0.5, 0.6) is 0 Å². The summed E-state index contributed by atoms with van der Waals surface area (Å²) >= 11 is 0. The van der Waals surface area contributed by atoms with Crippen molar-refractivity contribution in [3.63, 3.8) is 0 Å². The number of fused-ring (bicyclic) bond motifs is 6. The van der Waals surface area contributed by atoms with E-state index in [0.717, 1.165) is 11.8 Å². The van der Waals surface area contributed by atoms with E-state index in [0.29, 0.717) is 0 Å². The molecule has 2 aliphatic rings. The summed E-state index contributed by atoms with van der Waals surface area (Å²) in [6, 6.07) is 14.1. The zero-order valence-corrected chi connectivity index (χ0v) is 12.4. The molecule has 4 rings (SSSR count). The van der Waals surface area contributed by atoms with Crippen LogP contribution in [-0.2, 0) is 0 Å². The van der Waals surface area contributed by atoms with E-state index in [2.05, 4.69) is 50.2 Å². The molecule has 2 unspecified atom stereocenters. The maximum Gasteiger partial charge on any atom is -0.00866 e. The highest BCUT2D eigenvalue weighted by atomic mass is 14.4. The predicted molar refractivity (Wildman–Crippen MR) is 85.3 cm³/mol. The van der Waals surface area contributed by atoms with E-state index >= 15 is 0 Å². The molecule has 0 aliphatic heterocycles. The van der Waals surface area contributed by atoms with Crippen LogP contribution in [0.3, 0.4) is 0 Å². The van der Waals surface area contributed by atoms with Gasteiger partial charge in [0.05, 0.1) is 0 Å². The molecule has 102 valence electrons. The van der Waals surface area contributed by atoms with Gasteiger partial charge in [0, 0.05) is 0 Å². The number of hydrogen-bond donors (Lipinski definition) is 0. The molecule has 0 N–H and O–H groups in total. The quantitative estimate of drug-likeness (QED) is 0.569. The van der Waals surface area contributed by atoms with Crippen molar-refractivity contribution in [2.75, 3.05) is 0 Å². The Morgan fingerprint density at radius 1 is 0.700 bits per heavy atom. The predicted octanol–water partition coefficient (Wildman–Crippen LogP) is 5.73. The maximum absolute atomic E-state index is 2.45. The molecule has 0 spiro atoms. The van der Waals surface area contributed by atoms with Gasteiger partial charge in [0.25, 0.3) is 0 Å². The molecular weight excluding hydrogens is 240 g/mol. The number of benzene rings is 2. The fraction of sp³-hybridized carbons (Fsp3) is 0.400. The normalized spacial score (nSPS) is 23.7. The van der Waals surface area contributed by atoms with Crippen LogP contribution in [0.2, 0.25) is 0 Å². The molecule has 2 atom stereocenters. The second-order valence-corrected chi connectivity index (χ2v) is 6.68. The largest absolute Gasteiger partial charge is 0.0587 e. The summed E-state index contributed by atoms with van der Waals surface area (Å²) in [6.45, 7) is 4.45. The lowest BCUT2D eigenvalue weighted by molar-refractivity contribution is 0.383. The van der Waals surface area contributed by atoms with Crippen LogP contribution in [0.4, 0.5) is 0 Å². The van der Waals surface area contributed by atoms with Gasteiger partial charge in [0.1, 0.15) is 0 Å². The third kappa shape index (κ3) is 1.74. The zero-order valence-electron chi connectivity index (χ0n) is 12.4. The summed E-state index contributed by atoms with van der Waals surface area (Å²) < 4.78 is 0. The van der Waals surface area contributed by atoms with E-state index in [4.69, 9.17) is 0 Å². The van der Waals surface area contributed by atoms with Gasteiger partial charge in [0.15, 0.2) is 0 Å². The molecular formula is C20H22. The molecule has 0 nitrogen and oxygen atoms in total. The van der Waals surface area contributed by atoms with Crippen LogP contribution in [0.1, 0.15) is 59.8 Å². The fourth-order valence-electron chi connectivity index (χ4n) is 4.34. The molecule has 1 saturated carbocycles. The van der Waals surface area contributed by atoms with Gasteiger partial charge in [-0.1, -0.05) is 60.4 Å². The second kappa shape index (κ2) is 4.48. The zero-order chi connectivity index (χ0) is 13.7. The smallest absolute Gasteiger partial charge is 0.00866 e. The Labute approximate surface area is 121 Å². The monoisotopic (exact) mass is 262 g/mol. The van der Waals surface area contributed by atoms with E-state index in [1.54, 1.807) is 11.1 Å². The molecule has 0 amide bonds. The first-order valence-corrected chi connectivity index (χ1v) is 7.95. The summed E-state index contributed by atoms with van der Waals surface area (Å²) in [5.41, 5.74) is 9.03. The SMILES string of the molecule is Cc1ccc2c(c1)C1CCCCC1c1cc(C)ccc1-2. The summed E-state index contributed by atoms with van der Waals surface area (Å²) in [5, 5.41) is 0. The molecule has 0 heteroatoms. The Hall–Kier alpha value is -1.56. The molecule has 2 aromatic rings. The van der Waals surface area contributed by atoms with Crippen LogP contribution in [0.25, 0.3) is 11.1 Å². The van der Waals surface area contributed by atoms with E-state index in [1.165, 1.54) is 47.9 Å². The van der Waals surface area contributed by atoms with Crippen molar-refractivity contribution in [3.8, 4) is 11.1 Å². The van der Waals surface area contributed by atoms with Crippen molar-refractivity contribution in [2.45, 2.75) is 51.4 Å². The first-order valence-electron chi connectivity index (χ1n) is 7.95. The summed E-state index contributed by atoms with van der Waals surface area (Å²) in [4.78, 5) is 0. The topological polar surface area (TPSA) is 0 Å². The van der Waals surface area contributed by atoms with Gasteiger partial charge < -0.3 is 0 Å². The van der Waals surface area contributed by atoms with Crippen molar-refractivity contribution >= 4 is 0 Å². The van der Waals surface area contributed by atoms with Crippen molar-refractivity contribution in [1.29, 1.82) is 0 Å². The summed E-state index contributed by atoms with van der Waals surface area (Å²) in [7, 11) is 0. The lowest BCUT2D eigenvalue weighted by Gasteiger charge is -2.39. The Morgan fingerprint density at radius 2 is 1.15 bits per heavy atom. The Balaban J connectivity index is 1.99. The highest BCUT2D eigenvalue weighted by Gasteiger charge is 2.35. The van der Waals surface area contributed by atoms with Gasteiger partial charge in [-0.2, -0.15) is 0 Å². The average molecular weight is 262 g/mol. The molecule has 20 heavy (non-hydrogen) atoms. The van der Waals surface area contributed by atoms with Crippen molar-refractivity contribution in [1.82, 2.24) is 0 Å². The minimum atomic E-state index is 0.757. The third-order valence-corrected chi connectivity index (χ3v) is 5.27. The minimum Gasteiger partial charge on any atom is -0.0587 e. The Morgan fingerprint density at radius 3 is 1.60 bits per heavy atom. The standard InChI is InChI=1S/C20H22/c1-13-7-9-17-18-10-8-14(2)12-20(18)16-6-4-3-5-15(16)19(17)11-13/h7-12,15-16H,3-6H2,1-2H3. The molecule has 0 saturated heterocycles. The number of aryl methyl sites for hydroxylation is 2. The van der Waals surface area contributed by atoms with Gasteiger partial charge in [-0.15, -0.1) is 0 Å². The van der Waals surface area contributed by atoms with Crippen LogP contribution >= 0.6 is 0 Å².